The van der Waals surface area contributed by atoms with Gasteiger partial charge in [0.15, 0.2) is 0 Å². The third kappa shape index (κ3) is 2.75. The summed E-state index contributed by atoms with van der Waals surface area (Å²) in [5.41, 5.74) is 3.96. The van der Waals surface area contributed by atoms with Crippen LogP contribution in [-0.2, 0) is 30.2 Å². The summed E-state index contributed by atoms with van der Waals surface area (Å²) in [4.78, 5) is 31.0. The fourth-order valence-electron chi connectivity index (χ4n) is 5.59. The zero-order chi connectivity index (χ0) is 21.0. The zero-order valence-electron chi connectivity index (χ0n) is 17.4. The lowest BCUT2D eigenvalue weighted by Gasteiger charge is -2.51. The van der Waals surface area contributed by atoms with Crippen LogP contribution in [0.1, 0.15) is 34.9 Å². The zero-order valence-corrected chi connectivity index (χ0v) is 17.4. The van der Waals surface area contributed by atoms with Crippen molar-refractivity contribution in [3.05, 3.63) is 47.4 Å². The second kappa shape index (κ2) is 7.16. The van der Waals surface area contributed by atoms with E-state index in [-0.39, 0.29) is 46.2 Å². The number of carbonyl (C=O) groups excluding carboxylic acids is 2. The number of carbonyl (C=O) groups is 2. The van der Waals surface area contributed by atoms with E-state index >= 15 is 0 Å². The Balaban J connectivity index is 0.00000128. The molecule has 3 aliphatic heterocycles. The maximum atomic E-state index is 12.8. The number of piperidine rings is 1. The lowest BCUT2D eigenvalue weighted by Crippen LogP contribution is -2.57. The Bertz CT molecular complexity index is 1060. The molecule has 3 unspecified atom stereocenters. The van der Waals surface area contributed by atoms with Crippen LogP contribution in [0.5, 0.6) is 0 Å². The first-order chi connectivity index (χ1) is 14.5. The first-order valence-electron chi connectivity index (χ1n) is 10.4. The first kappa shape index (κ1) is 19.2. The maximum Gasteiger partial charge on any atom is 0.337 e. The predicted molar refractivity (Wildman–Crippen MR) is 116 cm³/mol. The highest BCUT2D eigenvalue weighted by Crippen LogP contribution is 2.49. The third-order valence-corrected chi connectivity index (χ3v) is 7.10. The number of rotatable bonds is 2. The second-order valence-corrected chi connectivity index (χ2v) is 8.43. The van der Waals surface area contributed by atoms with E-state index in [2.05, 4.69) is 22.0 Å². The van der Waals surface area contributed by atoms with E-state index < -0.39 is 0 Å². The molecular weight excluding hydrogens is 384 g/mol. The van der Waals surface area contributed by atoms with Crippen LogP contribution in [0.3, 0.4) is 0 Å². The molecule has 5 atom stereocenters. The number of ether oxygens (including phenoxy) is 3. The Morgan fingerprint density at radius 2 is 2.03 bits per heavy atom. The summed E-state index contributed by atoms with van der Waals surface area (Å²) in [5.74, 6) is -0.457. The van der Waals surface area contributed by atoms with Crippen molar-refractivity contribution in [2.75, 3.05) is 20.8 Å². The summed E-state index contributed by atoms with van der Waals surface area (Å²) in [5, 5.41) is 1.15. The number of esters is 2. The molecule has 0 amide bonds. The molecule has 0 saturated carbocycles. The van der Waals surface area contributed by atoms with Crippen LogP contribution in [0.15, 0.2) is 36.1 Å². The molecule has 4 heterocycles. The number of nitrogens with zero attached hydrogens (tertiary/aromatic N) is 1. The van der Waals surface area contributed by atoms with Crippen molar-refractivity contribution in [2.45, 2.75) is 38.0 Å². The number of nitrogens with one attached hydrogen (secondary N) is 1. The monoisotopic (exact) mass is 416 g/mol. The normalized spacial score (nSPS) is 30.4. The number of H-pyrrole nitrogens is 1. The van der Waals surface area contributed by atoms with Crippen LogP contribution in [0.4, 0.5) is 0 Å². The van der Waals surface area contributed by atoms with Gasteiger partial charge in [-0.05, 0) is 25.0 Å². The largest absolute Gasteiger partial charge is 0.497 e. The van der Waals surface area contributed by atoms with Crippen molar-refractivity contribution < 1.29 is 28.1 Å². The molecule has 5 rings (SSSR count). The van der Waals surface area contributed by atoms with Crippen molar-refractivity contribution in [3.63, 3.8) is 0 Å². The number of benzene rings is 1. The van der Waals surface area contributed by atoms with Gasteiger partial charge < -0.3 is 19.2 Å². The van der Waals surface area contributed by atoms with Gasteiger partial charge in [0.1, 0.15) is 6.04 Å². The highest BCUT2D eigenvalue weighted by Gasteiger charge is 2.50. The molecule has 164 valence electrons. The Hall–Kier alpha value is -2.80. The van der Waals surface area contributed by atoms with E-state index in [1.54, 1.807) is 6.26 Å². The number of para-hydroxylation sites is 1. The van der Waals surface area contributed by atoms with Crippen LogP contribution in [0.25, 0.3) is 10.9 Å². The Kier molecular flexibility index (Phi) is 4.58. The highest BCUT2D eigenvalue weighted by molar-refractivity contribution is 5.89. The number of aromatic amines is 1. The van der Waals surface area contributed by atoms with Gasteiger partial charge in [0.05, 0.1) is 38.2 Å². The molecule has 0 bridgehead atoms. The van der Waals surface area contributed by atoms with Crippen LogP contribution in [0.2, 0.25) is 0 Å². The fraction of sp³-hybridized carbons (Fsp3) is 0.478. The van der Waals surface area contributed by atoms with Crippen molar-refractivity contribution in [2.24, 2.45) is 11.8 Å². The summed E-state index contributed by atoms with van der Waals surface area (Å²) >= 11 is 0. The standard InChI is InChI=1S/C23H26N2O5.3H2/c1-12-16-10-25-19(8-14(16)17(11-30-12)22(26)28-2)21-15(9-20(25)23(27)29-3)13-6-4-5-7-18(13)24-21;;;/h4-7,11-12,14,16,19-20,24H,8-10H2,1-3H3;3*1H/t12-,14?,16?,19?,20-;;;/m0.../s1. The minimum absolute atomic E-state index is 0. The quantitative estimate of drug-likeness (QED) is 0.755. The van der Waals surface area contributed by atoms with Crippen molar-refractivity contribution in [3.8, 4) is 0 Å². The molecule has 0 aliphatic carbocycles. The van der Waals surface area contributed by atoms with Crippen molar-refractivity contribution >= 4 is 22.8 Å². The van der Waals surface area contributed by atoms with Gasteiger partial charge in [-0.3, -0.25) is 9.69 Å². The maximum absolute atomic E-state index is 12.8. The molecule has 1 fully saturated rings. The van der Waals surface area contributed by atoms with Gasteiger partial charge >= 0.3 is 11.9 Å². The number of fused-ring (bicyclic) bond motifs is 6. The third-order valence-electron chi connectivity index (χ3n) is 7.10. The summed E-state index contributed by atoms with van der Waals surface area (Å²) in [6.07, 6.45) is 2.84. The topological polar surface area (TPSA) is 80.9 Å². The van der Waals surface area contributed by atoms with E-state index in [4.69, 9.17) is 14.2 Å². The molecule has 7 heteroatoms. The summed E-state index contributed by atoms with van der Waals surface area (Å²) < 4.78 is 16.0. The van der Waals surface area contributed by atoms with Crippen LogP contribution < -0.4 is 0 Å². The Morgan fingerprint density at radius 1 is 1.23 bits per heavy atom. The number of hydrogen-bond acceptors (Lipinski definition) is 6. The van der Waals surface area contributed by atoms with Crippen LogP contribution in [0, 0.1) is 11.8 Å². The van der Waals surface area contributed by atoms with Gasteiger partial charge in [0, 0.05) is 45.7 Å². The SMILES string of the molecule is COC(=O)C1=CO[C@@H](C)C2CN3C(CC12)c1[nH]c2ccccc2c1C[C@H]3C(=O)OC.[HH].[HH].[HH]. The average molecular weight is 417 g/mol. The van der Waals surface area contributed by atoms with E-state index in [0.717, 1.165) is 16.6 Å². The smallest absolute Gasteiger partial charge is 0.337 e. The molecule has 7 nitrogen and oxygen atoms in total. The van der Waals surface area contributed by atoms with Crippen molar-refractivity contribution in [1.29, 1.82) is 0 Å². The second-order valence-electron chi connectivity index (χ2n) is 8.43. The molecule has 2 aromatic rings. The van der Waals surface area contributed by atoms with Gasteiger partial charge in [-0.1, -0.05) is 18.2 Å². The van der Waals surface area contributed by atoms with E-state index in [1.165, 1.54) is 19.8 Å². The lowest BCUT2D eigenvalue weighted by atomic mass is 9.71. The highest BCUT2D eigenvalue weighted by atomic mass is 16.5. The Labute approximate surface area is 179 Å². The van der Waals surface area contributed by atoms with E-state index in [9.17, 15) is 9.59 Å². The number of methoxy groups -OCH3 is 2. The molecule has 1 N–H and O–H groups in total. The molecular formula is C23H32N2O5. The molecule has 0 radical (unpaired) electrons. The van der Waals surface area contributed by atoms with Gasteiger partial charge in [-0.2, -0.15) is 0 Å². The number of aromatic nitrogens is 1. The fourth-order valence-corrected chi connectivity index (χ4v) is 5.59. The van der Waals surface area contributed by atoms with Crippen LogP contribution in [-0.4, -0.2) is 54.7 Å². The lowest BCUT2D eigenvalue weighted by molar-refractivity contribution is -0.153. The predicted octanol–water partition coefficient (Wildman–Crippen LogP) is 3.46. The summed E-state index contributed by atoms with van der Waals surface area (Å²) in [7, 11) is 2.84. The minimum Gasteiger partial charge on any atom is -0.497 e. The molecule has 1 aromatic carbocycles. The van der Waals surface area contributed by atoms with Crippen molar-refractivity contribution in [1.82, 2.24) is 9.88 Å². The molecule has 1 aromatic heterocycles. The first-order valence-corrected chi connectivity index (χ1v) is 10.4. The van der Waals surface area contributed by atoms with Crippen LogP contribution >= 0.6 is 0 Å². The van der Waals surface area contributed by atoms with Gasteiger partial charge in [0.25, 0.3) is 0 Å². The molecule has 30 heavy (non-hydrogen) atoms. The summed E-state index contributed by atoms with van der Waals surface area (Å²) in [6.45, 7) is 2.67. The number of hydrogen-bond donors (Lipinski definition) is 1. The Morgan fingerprint density at radius 3 is 2.80 bits per heavy atom. The average Bonchev–Trinajstić information content (AvgIpc) is 3.15. The van der Waals surface area contributed by atoms with E-state index in [0.29, 0.717) is 25.0 Å². The minimum atomic E-state index is -0.354. The van der Waals surface area contributed by atoms with Gasteiger partial charge in [-0.15, -0.1) is 0 Å². The van der Waals surface area contributed by atoms with Gasteiger partial charge in [0.2, 0.25) is 0 Å². The van der Waals surface area contributed by atoms with Gasteiger partial charge in [-0.25, -0.2) is 4.79 Å². The molecule has 3 aliphatic rings. The summed E-state index contributed by atoms with van der Waals surface area (Å²) in [6, 6.07) is 7.82. The molecule has 0 spiro atoms. The van der Waals surface area contributed by atoms with E-state index in [1.807, 2.05) is 19.1 Å². The molecule has 1 saturated heterocycles.